The molecule has 1 saturated heterocycles. The number of aliphatic carboxylic acids is 1. The van der Waals surface area contributed by atoms with Gasteiger partial charge < -0.3 is 15.2 Å². The molecule has 2 aliphatic rings. The monoisotopic (exact) mass is 279 g/mol. The van der Waals surface area contributed by atoms with Crippen molar-refractivity contribution in [3.05, 3.63) is 23.8 Å². The van der Waals surface area contributed by atoms with Crippen molar-refractivity contribution < 1.29 is 14.6 Å². The van der Waals surface area contributed by atoms with Crippen LogP contribution in [0, 0.1) is 5.92 Å². The number of fused-ring (bicyclic) bond motifs is 2. The average molecular weight is 279 g/mol. The fourth-order valence-electron chi connectivity index (χ4n) is 3.07. The minimum atomic E-state index is -0.728. The molecule has 0 amide bonds. The quantitative estimate of drug-likeness (QED) is 0.870. The summed E-state index contributed by atoms with van der Waals surface area (Å²) in [6.45, 7) is 0. The first kappa shape index (κ1) is 12.7. The fourth-order valence-corrected chi connectivity index (χ4v) is 4.35. The van der Waals surface area contributed by atoms with Crippen LogP contribution in [0.3, 0.4) is 0 Å². The molecule has 4 nitrogen and oxygen atoms in total. The minimum Gasteiger partial charge on any atom is -0.497 e. The molecule has 2 heterocycles. The largest absolute Gasteiger partial charge is 0.497 e. The van der Waals surface area contributed by atoms with E-state index in [1.807, 2.05) is 30.0 Å². The molecule has 2 aliphatic heterocycles. The van der Waals surface area contributed by atoms with Crippen molar-refractivity contribution in [2.24, 2.45) is 5.92 Å². The van der Waals surface area contributed by atoms with Crippen molar-refractivity contribution in [3.63, 3.8) is 0 Å². The van der Waals surface area contributed by atoms with Gasteiger partial charge in [-0.15, -0.1) is 0 Å². The Morgan fingerprint density at radius 3 is 3.11 bits per heavy atom. The Morgan fingerprint density at radius 2 is 2.37 bits per heavy atom. The van der Waals surface area contributed by atoms with Crippen LogP contribution in [0.5, 0.6) is 5.75 Å². The Balaban J connectivity index is 2.05. The van der Waals surface area contributed by atoms with Crippen molar-refractivity contribution in [2.75, 3.05) is 23.9 Å². The molecular weight excluding hydrogens is 262 g/mol. The number of anilines is 1. The Kier molecular flexibility index (Phi) is 3.31. The third kappa shape index (κ3) is 2.16. The number of thioether (sulfide) groups is 1. The lowest BCUT2D eigenvalue weighted by molar-refractivity contribution is -0.140. The van der Waals surface area contributed by atoms with E-state index in [0.29, 0.717) is 5.75 Å². The molecule has 0 aliphatic carbocycles. The maximum absolute atomic E-state index is 11.7. The topological polar surface area (TPSA) is 58.6 Å². The number of carboxylic acids is 1. The molecule has 5 heteroatoms. The van der Waals surface area contributed by atoms with E-state index in [4.69, 9.17) is 4.74 Å². The van der Waals surface area contributed by atoms with Gasteiger partial charge in [-0.25, -0.2) is 0 Å². The average Bonchev–Trinajstić information content (AvgIpc) is 2.43. The van der Waals surface area contributed by atoms with E-state index in [0.717, 1.165) is 29.2 Å². The van der Waals surface area contributed by atoms with E-state index >= 15 is 0 Å². The second-order valence-corrected chi connectivity index (χ2v) is 6.20. The van der Waals surface area contributed by atoms with Crippen LogP contribution in [-0.4, -0.2) is 35.7 Å². The molecule has 1 aromatic carbocycles. The zero-order valence-corrected chi connectivity index (χ0v) is 11.6. The summed E-state index contributed by atoms with van der Waals surface area (Å²) in [4.78, 5) is 11.7. The zero-order valence-electron chi connectivity index (χ0n) is 10.8. The summed E-state index contributed by atoms with van der Waals surface area (Å²) in [6.07, 6.45) is 1.03. The molecule has 2 N–H and O–H groups in total. The Morgan fingerprint density at radius 1 is 1.53 bits per heavy atom. The molecular formula is C14H17NO3S. The number of carboxylic acid groups (broad SMARTS) is 1. The number of rotatable bonds is 2. The molecule has 0 radical (unpaired) electrons. The normalized spacial score (nSPS) is 28.8. The fraction of sp³-hybridized carbons (Fsp3) is 0.500. The predicted molar refractivity (Wildman–Crippen MR) is 76.2 cm³/mol. The van der Waals surface area contributed by atoms with Crippen molar-refractivity contribution >= 4 is 23.4 Å². The van der Waals surface area contributed by atoms with Crippen LogP contribution in [-0.2, 0) is 4.79 Å². The van der Waals surface area contributed by atoms with Gasteiger partial charge in [-0.2, -0.15) is 11.8 Å². The first-order chi connectivity index (χ1) is 9.20. The number of methoxy groups -OCH3 is 1. The summed E-state index contributed by atoms with van der Waals surface area (Å²) in [6, 6.07) is 5.95. The molecule has 0 spiro atoms. The molecule has 3 unspecified atom stereocenters. The second-order valence-electron chi connectivity index (χ2n) is 5.05. The van der Waals surface area contributed by atoms with Gasteiger partial charge >= 0.3 is 5.97 Å². The zero-order chi connectivity index (χ0) is 13.4. The Labute approximate surface area is 116 Å². The van der Waals surface area contributed by atoms with Gasteiger partial charge in [0.05, 0.1) is 13.0 Å². The molecule has 3 rings (SSSR count). The van der Waals surface area contributed by atoms with E-state index in [1.165, 1.54) is 0 Å². The van der Waals surface area contributed by atoms with Crippen molar-refractivity contribution in [2.45, 2.75) is 18.4 Å². The maximum atomic E-state index is 11.7. The van der Waals surface area contributed by atoms with Gasteiger partial charge in [-0.05, 0) is 41.7 Å². The van der Waals surface area contributed by atoms with Crippen LogP contribution >= 0.6 is 11.8 Å². The van der Waals surface area contributed by atoms with Gasteiger partial charge in [0.25, 0.3) is 0 Å². The van der Waals surface area contributed by atoms with Gasteiger partial charge in [0.1, 0.15) is 5.75 Å². The molecule has 102 valence electrons. The second kappa shape index (κ2) is 4.96. The Bertz CT molecular complexity index is 505. The predicted octanol–water partition coefficient (Wildman–Crippen LogP) is 2.41. The van der Waals surface area contributed by atoms with Crippen molar-refractivity contribution in [3.8, 4) is 5.75 Å². The van der Waals surface area contributed by atoms with E-state index in [-0.39, 0.29) is 12.0 Å². The number of carbonyl (C=O) groups is 1. The molecule has 0 bridgehead atoms. The lowest BCUT2D eigenvalue weighted by Gasteiger charge is -2.41. The first-order valence-corrected chi connectivity index (χ1v) is 7.61. The van der Waals surface area contributed by atoms with E-state index in [2.05, 4.69) is 5.32 Å². The summed E-state index contributed by atoms with van der Waals surface area (Å²) < 4.78 is 5.22. The molecule has 3 atom stereocenters. The van der Waals surface area contributed by atoms with Gasteiger partial charge in [0.2, 0.25) is 0 Å². The van der Waals surface area contributed by atoms with Gasteiger partial charge in [-0.1, -0.05) is 0 Å². The highest BCUT2D eigenvalue weighted by atomic mass is 32.2. The highest BCUT2D eigenvalue weighted by Gasteiger charge is 2.42. The molecule has 0 aromatic heterocycles. The third-order valence-electron chi connectivity index (χ3n) is 4.03. The van der Waals surface area contributed by atoms with Crippen LogP contribution in [0.15, 0.2) is 18.2 Å². The molecule has 0 saturated carbocycles. The lowest BCUT2D eigenvalue weighted by atomic mass is 9.77. The van der Waals surface area contributed by atoms with Crippen LogP contribution in [0.4, 0.5) is 5.69 Å². The lowest BCUT2D eigenvalue weighted by Crippen LogP contribution is -2.44. The van der Waals surface area contributed by atoms with Crippen molar-refractivity contribution in [1.29, 1.82) is 0 Å². The van der Waals surface area contributed by atoms with E-state index in [9.17, 15) is 9.90 Å². The molecule has 1 fully saturated rings. The summed E-state index contributed by atoms with van der Waals surface area (Å²) in [7, 11) is 1.60. The highest BCUT2D eigenvalue weighted by molar-refractivity contribution is 7.99. The first-order valence-electron chi connectivity index (χ1n) is 6.45. The van der Waals surface area contributed by atoms with Gasteiger partial charge in [0.15, 0.2) is 0 Å². The SMILES string of the molecule is COc1ccc2c(c1)C(C(=O)O)C1CSCCC1N2. The van der Waals surface area contributed by atoms with Crippen molar-refractivity contribution in [1.82, 2.24) is 0 Å². The number of benzene rings is 1. The number of hydrogen-bond acceptors (Lipinski definition) is 4. The van der Waals surface area contributed by atoms with Crippen LogP contribution in [0.2, 0.25) is 0 Å². The molecule has 1 aromatic rings. The van der Waals surface area contributed by atoms with E-state index in [1.54, 1.807) is 7.11 Å². The van der Waals surface area contributed by atoms with Gasteiger partial charge in [-0.3, -0.25) is 4.79 Å². The number of ether oxygens (including phenoxy) is 1. The molecule has 19 heavy (non-hydrogen) atoms. The number of nitrogens with one attached hydrogen (secondary N) is 1. The third-order valence-corrected chi connectivity index (χ3v) is 5.17. The summed E-state index contributed by atoms with van der Waals surface area (Å²) in [5.41, 5.74) is 1.80. The highest BCUT2D eigenvalue weighted by Crippen LogP contribution is 2.44. The maximum Gasteiger partial charge on any atom is 0.311 e. The van der Waals surface area contributed by atoms with Gasteiger partial charge in [0, 0.05) is 17.6 Å². The summed E-state index contributed by atoms with van der Waals surface area (Å²) in [5, 5.41) is 13.1. The van der Waals surface area contributed by atoms with Crippen LogP contribution in [0.25, 0.3) is 0 Å². The number of hydrogen-bond donors (Lipinski definition) is 2. The standard InChI is InChI=1S/C14H17NO3S/c1-18-8-2-3-11-9(6-8)13(14(16)17)10-7-19-5-4-12(10)15-11/h2-3,6,10,12-13,15H,4-5,7H2,1H3,(H,16,17). The van der Waals surface area contributed by atoms with Crippen LogP contribution < -0.4 is 10.1 Å². The summed E-state index contributed by atoms with van der Waals surface area (Å²) >= 11 is 1.85. The van der Waals surface area contributed by atoms with Crippen LogP contribution in [0.1, 0.15) is 17.9 Å². The Hall–Kier alpha value is -1.36. The smallest absolute Gasteiger partial charge is 0.311 e. The minimum absolute atomic E-state index is 0.163. The summed E-state index contributed by atoms with van der Waals surface area (Å²) in [5.74, 6) is 1.74. The van der Waals surface area contributed by atoms with E-state index < -0.39 is 11.9 Å².